The molecule has 0 fully saturated rings. The molecule has 0 N–H and O–H groups in total. The molecule has 0 unspecified atom stereocenters. The third kappa shape index (κ3) is 3.78. The number of fused-ring (bicyclic) bond motifs is 5. The molecule has 3 heteroatoms. The standard InChI is InChI=1S/C36H34BNO/c1-35(2,3)25-20-26(36(4,5)6)22-27(21-25)38-31-16-11-15-29-28-14-9-10-17-33(28)39-37(34(29)31)30-18-23-12-7-8-13-24(23)19-32(30)38/h7-22H,1-6H3. The van der Waals surface area contributed by atoms with Crippen LogP contribution < -0.4 is 20.5 Å². The van der Waals surface area contributed by atoms with Gasteiger partial charge in [-0.05, 0) is 74.1 Å². The lowest BCUT2D eigenvalue weighted by molar-refractivity contribution is 0.568. The fraction of sp³-hybridized carbons (Fsp3) is 0.222. The van der Waals surface area contributed by atoms with E-state index < -0.39 is 0 Å². The van der Waals surface area contributed by atoms with E-state index in [0.29, 0.717) is 0 Å². The topological polar surface area (TPSA) is 12.5 Å². The molecule has 0 bridgehead atoms. The normalized spacial score (nSPS) is 14.0. The van der Waals surface area contributed by atoms with Crippen LogP contribution in [0, 0.1) is 0 Å². The molecule has 5 aromatic carbocycles. The molecule has 0 atom stereocenters. The van der Waals surface area contributed by atoms with Crippen LogP contribution in [0.1, 0.15) is 52.7 Å². The van der Waals surface area contributed by atoms with E-state index in [1.807, 2.05) is 0 Å². The van der Waals surface area contributed by atoms with Crippen molar-refractivity contribution in [2.45, 2.75) is 52.4 Å². The van der Waals surface area contributed by atoms with Gasteiger partial charge in [-0.2, -0.15) is 0 Å². The van der Waals surface area contributed by atoms with Gasteiger partial charge >= 0.3 is 6.92 Å². The highest BCUT2D eigenvalue weighted by molar-refractivity contribution is 6.85. The van der Waals surface area contributed by atoms with Crippen LogP contribution in [0.2, 0.25) is 0 Å². The quantitative estimate of drug-likeness (QED) is 0.211. The average Bonchev–Trinajstić information content (AvgIpc) is 2.91. The van der Waals surface area contributed by atoms with Crippen LogP contribution in [0.4, 0.5) is 17.1 Å². The second-order valence-electron chi connectivity index (χ2n) is 13.1. The molecule has 2 heterocycles. The molecule has 192 valence electrons. The third-order valence-electron chi connectivity index (χ3n) is 8.33. The van der Waals surface area contributed by atoms with E-state index in [1.54, 1.807) is 0 Å². The number of hydrogen-bond donors (Lipinski definition) is 0. The van der Waals surface area contributed by atoms with Crippen LogP contribution in [0.15, 0.2) is 97.1 Å². The Morgan fingerprint density at radius 2 is 1.21 bits per heavy atom. The van der Waals surface area contributed by atoms with Crippen molar-refractivity contribution in [2.24, 2.45) is 0 Å². The van der Waals surface area contributed by atoms with Crippen molar-refractivity contribution in [1.29, 1.82) is 0 Å². The van der Waals surface area contributed by atoms with E-state index in [2.05, 4.69) is 144 Å². The number of anilines is 3. The second-order valence-corrected chi connectivity index (χ2v) is 13.1. The summed E-state index contributed by atoms with van der Waals surface area (Å²) in [7, 11) is 0. The van der Waals surface area contributed by atoms with Crippen molar-refractivity contribution in [1.82, 2.24) is 0 Å². The maximum atomic E-state index is 6.83. The van der Waals surface area contributed by atoms with Crippen LogP contribution in [-0.4, -0.2) is 6.92 Å². The van der Waals surface area contributed by atoms with Gasteiger partial charge in [0.15, 0.2) is 0 Å². The first-order valence-electron chi connectivity index (χ1n) is 14.0. The summed E-state index contributed by atoms with van der Waals surface area (Å²) in [5.74, 6) is 0.949. The van der Waals surface area contributed by atoms with Crippen LogP contribution in [0.25, 0.3) is 21.9 Å². The largest absolute Gasteiger partial charge is 0.551 e. The van der Waals surface area contributed by atoms with Gasteiger partial charge in [-0.1, -0.05) is 108 Å². The number of nitrogens with zero attached hydrogens (tertiary/aromatic N) is 1. The van der Waals surface area contributed by atoms with E-state index in [1.165, 1.54) is 55.5 Å². The van der Waals surface area contributed by atoms with Crippen LogP contribution >= 0.6 is 0 Å². The summed E-state index contributed by atoms with van der Waals surface area (Å²) in [6.07, 6.45) is 0. The molecular formula is C36H34BNO. The Labute approximate surface area is 232 Å². The van der Waals surface area contributed by atoms with E-state index in [-0.39, 0.29) is 17.7 Å². The second kappa shape index (κ2) is 8.26. The Hall–Kier alpha value is -3.98. The van der Waals surface area contributed by atoms with Crippen molar-refractivity contribution in [3.8, 4) is 16.9 Å². The Balaban J connectivity index is 1.58. The lowest BCUT2D eigenvalue weighted by atomic mass is 9.49. The van der Waals surface area contributed by atoms with Crippen molar-refractivity contribution >= 4 is 45.7 Å². The van der Waals surface area contributed by atoms with Crippen LogP contribution in [-0.2, 0) is 10.8 Å². The third-order valence-corrected chi connectivity index (χ3v) is 8.33. The Morgan fingerprint density at radius 1 is 0.590 bits per heavy atom. The van der Waals surface area contributed by atoms with E-state index in [9.17, 15) is 0 Å². The zero-order valence-corrected chi connectivity index (χ0v) is 23.7. The molecule has 2 nitrogen and oxygen atoms in total. The van der Waals surface area contributed by atoms with Gasteiger partial charge < -0.3 is 9.55 Å². The molecule has 2 aliphatic heterocycles. The molecule has 2 aliphatic rings. The number of rotatable bonds is 1. The predicted molar refractivity (Wildman–Crippen MR) is 167 cm³/mol. The predicted octanol–water partition coefficient (Wildman–Crippen LogP) is 8.38. The Bertz CT molecular complexity index is 1740. The SMILES string of the molecule is CC(C)(C)c1cc(N2c3cc4ccccc4cc3B3Oc4ccccc4-c4cccc2c43)cc(C(C)(C)C)c1. The zero-order chi connectivity index (χ0) is 27.1. The maximum absolute atomic E-state index is 6.83. The minimum absolute atomic E-state index is 0.0265. The van der Waals surface area contributed by atoms with Gasteiger partial charge in [0.2, 0.25) is 0 Å². The Kier molecular flexibility index (Phi) is 5.10. The number of benzene rings is 5. The average molecular weight is 507 g/mol. The summed E-state index contributed by atoms with van der Waals surface area (Å²) in [4.78, 5) is 2.48. The number of para-hydroxylation sites is 1. The molecule has 0 saturated carbocycles. The van der Waals surface area contributed by atoms with E-state index in [4.69, 9.17) is 4.65 Å². The molecule has 39 heavy (non-hydrogen) atoms. The summed E-state index contributed by atoms with van der Waals surface area (Å²) in [5.41, 5.74) is 11.2. The lowest BCUT2D eigenvalue weighted by Crippen LogP contribution is -2.56. The minimum atomic E-state index is -0.158. The Morgan fingerprint density at radius 3 is 1.90 bits per heavy atom. The highest BCUT2D eigenvalue weighted by Crippen LogP contribution is 2.45. The fourth-order valence-corrected chi connectivity index (χ4v) is 6.12. The molecule has 0 aromatic heterocycles. The summed E-state index contributed by atoms with van der Waals surface area (Å²) >= 11 is 0. The first kappa shape index (κ1) is 24.1. The summed E-state index contributed by atoms with van der Waals surface area (Å²) in [5, 5.41) is 2.47. The minimum Gasteiger partial charge on any atom is -0.551 e. The molecule has 0 saturated heterocycles. The molecular weight excluding hydrogens is 473 g/mol. The van der Waals surface area contributed by atoms with Gasteiger partial charge in [0.25, 0.3) is 0 Å². The van der Waals surface area contributed by atoms with E-state index >= 15 is 0 Å². The highest BCUT2D eigenvalue weighted by Gasteiger charge is 2.42. The van der Waals surface area contributed by atoms with Crippen LogP contribution in [0.5, 0.6) is 5.75 Å². The van der Waals surface area contributed by atoms with Gasteiger partial charge in [-0.15, -0.1) is 0 Å². The fourth-order valence-electron chi connectivity index (χ4n) is 6.12. The first-order chi connectivity index (χ1) is 18.6. The van der Waals surface area contributed by atoms with Crippen molar-refractivity contribution in [3.63, 3.8) is 0 Å². The summed E-state index contributed by atoms with van der Waals surface area (Å²) in [6, 6.07) is 35.7. The monoisotopic (exact) mass is 507 g/mol. The summed E-state index contributed by atoms with van der Waals surface area (Å²) < 4.78 is 6.83. The zero-order valence-electron chi connectivity index (χ0n) is 23.7. The maximum Gasteiger partial charge on any atom is 0.431 e. The van der Waals surface area contributed by atoms with Gasteiger partial charge in [0.05, 0.1) is 0 Å². The summed E-state index contributed by atoms with van der Waals surface area (Å²) in [6.45, 7) is 13.7. The van der Waals surface area contributed by atoms with Crippen molar-refractivity contribution in [3.05, 3.63) is 108 Å². The smallest absolute Gasteiger partial charge is 0.431 e. The van der Waals surface area contributed by atoms with Crippen molar-refractivity contribution < 1.29 is 4.65 Å². The lowest BCUT2D eigenvalue weighted by Gasteiger charge is -2.40. The molecule has 0 spiro atoms. The van der Waals surface area contributed by atoms with Gasteiger partial charge in [-0.25, -0.2) is 0 Å². The highest BCUT2D eigenvalue weighted by atomic mass is 16.4. The first-order valence-corrected chi connectivity index (χ1v) is 14.0. The molecule has 0 radical (unpaired) electrons. The van der Waals surface area contributed by atoms with Crippen molar-refractivity contribution in [2.75, 3.05) is 4.90 Å². The molecule has 5 aromatic rings. The van der Waals surface area contributed by atoms with Gasteiger partial charge in [-0.3, -0.25) is 0 Å². The van der Waals surface area contributed by atoms with Gasteiger partial charge in [0, 0.05) is 28.1 Å². The van der Waals surface area contributed by atoms with Crippen LogP contribution in [0.3, 0.4) is 0 Å². The van der Waals surface area contributed by atoms with E-state index in [0.717, 1.165) is 11.3 Å². The number of hydrogen-bond acceptors (Lipinski definition) is 2. The molecule has 7 rings (SSSR count). The van der Waals surface area contributed by atoms with Gasteiger partial charge in [0.1, 0.15) is 5.75 Å². The molecule has 0 amide bonds. The molecule has 0 aliphatic carbocycles.